The number of hydrogen-bond donors (Lipinski definition) is 0. The number of benzene rings is 1. The lowest BCUT2D eigenvalue weighted by Gasteiger charge is -2.25. The fourth-order valence-corrected chi connectivity index (χ4v) is 4.73. The second-order valence-corrected chi connectivity index (χ2v) is 8.03. The normalized spacial score (nSPS) is 17.6. The number of rotatable bonds is 6. The molecule has 1 aliphatic rings. The molecule has 1 unspecified atom stereocenters. The Morgan fingerprint density at radius 2 is 2.07 bits per heavy atom. The number of thiophene rings is 1. The van der Waals surface area contributed by atoms with Gasteiger partial charge in [0, 0.05) is 17.5 Å². The molecule has 1 atom stereocenters. The summed E-state index contributed by atoms with van der Waals surface area (Å²) in [5, 5.41) is 0.746. The van der Waals surface area contributed by atoms with E-state index in [4.69, 9.17) is 4.74 Å². The van der Waals surface area contributed by atoms with Crippen molar-refractivity contribution >= 4 is 21.6 Å². The predicted octanol–water partition coefficient (Wildman–Crippen LogP) is 4.21. The third-order valence-electron chi connectivity index (χ3n) is 5.19. The molecule has 1 aliphatic heterocycles. The molecule has 0 spiro atoms. The molecule has 3 aromatic rings. The molecule has 2 aromatic heterocycles. The molecule has 4 rings (SSSR count). The largest absolute Gasteiger partial charge is 0.494 e. The Labute approximate surface area is 163 Å². The number of ether oxygens (including phenoxy) is 1. The summed E-state index contributed by atoms with van der Waals surface area (Å²) in [7, 11) is 0. The van der Waals surface area contributed by atoms with Gasteiger partial charge in [-0.05, 0) is 49.9 Å². The first-order valence-electron chi connectivity index (χ1n) is 9.64. The molecule has 27 heavy (non-hydrogen) atoms. The number of likely N-dealkylation sites (tertiary alicyclic amines) is 1. The zero-order valence-electron chi connectivity index (χ0n) is 15.9. The number of aryl methyl sites for hydroxylation is 1. The summed E-state index contributed by atoms with van der Waals surface area (Å²) in [4.78, 5) is 21.8. The lowest BCUT2D eigenvalue weighted by molar-refractivity contribution is 0.198. The Kier molecular flexibility index (Phi) is 5.27. The average Bonchev–Trinajstić information content (AvgIpc) is 3.32. The Morgan fingerprint density at radius 3 is 2.81 bits per heavy atom. The molecule has 6 heteroatoms. The molecular formula is C21H25N3O2S. The van der Waals surface area contributed by atoms with Gasteiger partial charge in [0.2, 0.25) is 0 Å². The number of nitrogens with zero attached hydrogens (tertiary/aromatic N) is 3. The molecule has 0 N–H and O–H groups in total. The van der Waals surface area contributed by atoms with Crippen LogP contribution in [-0.4, -0.2) is 27.6 Å². The van der Waals surface area contributed by atoms with Crippen LogP contribution >= 0.6 is 11.3 Å². The van der Waals surface area contributed by atoms with Gasteiger partial charge in [-0.1, -0.05) is 19.1 Å². The highest BCUT2D eigenvalue weighted by molar-refractivity contribution is 7.18. The SMILES string of the molecule is CCOc1ccc(C2CCCN2Cn2cnc3sc(CC)cc3c2=O)cc1. The van der Waals surface area contributed by atoms with Gasteiger partial charge in [0.1, 0.15) is 16.9 Å². The lowest BCUT2D eigenvalue weighted by Crippen LogP contribution is -2.32. The second-order valence-electron chi connectivity index (χ2n) is 6.92. The van der Waals surface area contributed by atoms with Gasteiger partial charge in [-0.3, -0.25) is 14.3 Å². The van der Waals surface area contributed by atoms with Gasteiger partial charge in [0.25, 0.3) is 5.56 Å². The van der Waals surface area contributed by atoms with Crippen molar-refractivity contribution in [2.24, 2.45) is 0 Å². The van der Waals surface area contributed by atoms with Crippen LogP contribution in [0, 0.1) is 0 Å². The topological polar surface area (TPSA) is 47.4 Å². The highest BCUT2D eigenvalue weighted by Crippen LogP contribution is 2.33. The van der Waals surface area contributed by atoms with E-state index >= 15 is 0 Å². The minimum atomic E-state index is 0.0632. The van der Waals surface area contributed by atoms with Crippen molar-refractivity contribution < 1.29 is 4.74 Å². The highest BCUT2D eigenvalue weighted by atomic mass is 32.1. The standard InChI is InChI=1S/C21H25N3O2S/c1-3-17-12-18-20(27-17)22-13-24(21(18)25)14-23-11-5-6-19(23)15-7-9-16(10-8-15)26-4-2/h7-10,12-13,19H,3-6,11,14H2,1-2H3. The maximum Gasteiger partial charge on any atom is 0.263 e. The van der Waals surface area contributed by atoms with E-state index in [0.717, 1.165) is 41.8 Å². The Hall–Kier alpha value is -2.18. The van der Waals surface area contributed by atoms with Gasteiger partial charge in [-0.15, -0.1) is 11.3 Å². The molecule has 1 fully saturated rings. The van der Waals surface area contributed by atoms with Crippen LogP contribution in [0.25, 0.3) is 10.2 Å². The molecule has 5 nitrogen and oxygen atoms in total. The minimum Gasteiger partial charge on any atom is -0.494 e. The van der Waals surface area contributed by atoms with E-state index in [1.807, 2.05) is 25.1 Å². The van der Waals surface area contributed by atoms with Crippen LogP contribution in [0.3, 0.4) is 0 Å². The van der Waals surface area contributed by atoms with Gasteiger partial charge < -0.3 is 4.74 Å². The third-order valence-corrected chi connectivity index (χ3v) is 6.38. The van der Waals surface area contributed by atoms with E-state index < -0.39 is 0 Å². The summed E-state index contributed by atoms with van der Waals surface area (Å²) in [6.07, 6.45) is 4.89. The molecule has 0 radical (unpaired) electrons. The van der Waals surface area contributed by atoms with E-state index in [0.29, 0.717) is 19.3 Å². The van der Waals surface area contributed by atoms with Gasteiger partial charge in [0.05, 0.1) is 18.7 Å². The first-order valence-corrected chi connectivity index (χ1v) is 10.5. The monoisotopic (exact) mass is 383 g/mol. The van der Waals surface area contributed by atoms with Crippen LogP contribution < -0.4 is 10.3 Å². The number of fused-ring (bicyclic) bond motifs is 1. The first kappa shape index (κ1) is 18.2. The lowest BCUT2D eigenvalue weighted by atomic mass is 10.0. The van der Waals surface area contributed by atoms with Crippen molar-refractivity contribution in [3.05, 3.63) is 57.5 Å². The zero-order chi connectivity index (χ0) is 18.8. The molecule has 1 aromatic carbocycles. The molecule has 0 bridgehead atoms. The van der Waals surface area contributed by atoms with Crippen molar-refractivity contribution in [2.45, 2.75) is 45.8 Å². The minimum absolute atomic E-state index is 0.0632. The predicted molar refractivity (Wildman–Crippen MR) is 110 cm³/mol. The first-order chi connectivity index (χ1) is 13.2. The second kappa shape index (κ2) is 7.82. The van der Waals surface area contributed by atoms with Crippen LogP contribution in [-0.2, 0) is 13.1 Å². The molecule has 3 heterocycles. The molecule has 1 saturated heterocycles. The van der Waals surface area contributed by atoms with E-state index in [9.17, 15) is 4.79 Å². The third kappa shape index (κ3) is 3.64. The van der Waals surface area contributed by atoms with E-state index in [-0.39, 0.29) is 5.56 Å². The van der Waals surface area contributed by atoms with Gasteiger partial charge in [-0.2, -0.15) is 0 Å². The Balaban J connectivity index is 1.57. The molecule has 0 aliphatic carbocycles. The summed E-state index contributed by atoms with van der Waals surface area (Å²) >= 11 is 1.62. The summed E-state index contributed by atoms with van der Waals surface area (Å²) in [6, 6.07) is 10.7. The summed E-state index contributed by atoms with van der Waals surface area (Å²) in [6.45, 7) is 6.35. The van der Waals surface area contributed by atoms with Crippen molar-refractivity contribution in [3.63, 3.8) is 0 Å². The highest BCUT2D eigenvalue weighted by Gasteiger charge is 2.26. The Bertz CT molecular complexity index is 977. The quantitative estimate of drug-likeness (QED) is 0.640. The molecule has 0 amide bonds. The van der Waals surface area contributed by atoms with Crippen molar-refractivity contribution in [3.8, 4) is 5.75 Å². The zero-order valence-corrected chi connectivity index (χ0v) is 16.7. The fourth-order valence-electron chi connectivity index (χ4n) is 3.81. The van der Waals surface area contributed by atoms with Crippen LogP contribution in [0.5, 0.6) is 5.75 Å². The summed E-state index contributed by atoms with van der Waals surface area (Å²) in [5.41, 5.74) is 1.34. The van der Waals surface area contributed by atoms with E-state index in [1.165, 1.54) is 10.4 Å². The Morgan fingerprint density at radius 1 is 1.26 bits per heavy atom. The number of hydrogen-bond acceptors (Lipinski definition) is 5. The smallest absolute Gasteiger partial charge is 0.263 e. The van der Waals surface area contributed by atoms with Crippen molar-refractivity contribution in [2.75, 3.05) is 13.2 Å². The summed E-state index contributed by atoms with van der Waals surface area (Å²) in [5.74, 6) is 0.904. The van der Waals surface area contributed by atoms with Crippen LogP contribution in [0.15, 0.2) is 41.5 Å². The van der Waals surface area contributed by atoms with Crippen LogP contribution in [0.1, 0.15) is 43.2 Å². The fraction of sp³-hybridized carbons (Fsp3) is 0.429. The summed E-state index contributed by atoms with van der Waals surface area (Å²) < 4.78 is 7.30. The molecule has 142 valence electrons. The average molecular weight is 384 g/mol. The maximum absolute atomic E-state index is 12.9. The number of aromatic nitrogens is 2. The molecular weight excluding hydrogens is 358 g/mol. The van der Waals surface area contributed by atoms with Gasteiger partial charge in [-0.25, -0.2) is 4.98 Å². The molecule has 0 saturated carbocycles. The van der Waals surface area contributed by atoms with Crippen LogP contribution in [0.2, 0.25) is 0 Å². The maximum atomic E-state index is 12.9. The van der Waals surface area contributed by atoms with Gasteiger partial charge in [0.15, 0.2) is 0 Å². The van der Waals surface area contributed by atoms with Gasteiger partial charge >= 0.3 is 0 Å². The van der Waals surface area contributed by atoms with E-state index in [2.05, 4.69) is 28.9 Å². The van der Waals surface area contributed by atoms with E-state index in [1.54, 1.807) is 22.2 Å². The van der Waals surface area contributed by atoms with Crippen molar-refractivity contribution in [1.82, 2.24) is 14.5 Å². The van der Waals surface area contributed by atoms with Crippen molar-refractivity contribution in [1.29, 1.82) is 0 Å². The van der Waals surface area contributed by atoms with Crippen LogP contribution in [0.4, 0.5) is 0 Å².